The zero-order valence-electron chi connectivity index (χ0n) is 10.3. The zero-order chi connectivity index (χ0) is 14.5. The van der Waals surface area contributed by atoms with Crippen molar-refractivity contribution in [2.75, 3.05) is 17.7 Å². The number of nitrogens with zero attached hydrogens (tertiary/aromatic N) is 1. The van der Waals surface area contributed by atoms with Crippen molar-refractivity contribution in [3.8, 4) is 5.75 Å². The van der Waals surface area contributed by atoms with Crippen LogP contribution in [0.1, 0.15) is 0 Å². The number of nitrogens with one attached hydrogen (secondary N) is 1. The fraction of sp³-hybridized carbons (Fsp3) is 0.0769. The van der Waals surface area contributed by atoms with E-state index in [9.17, 15) is 4.79 Å². The van der Waals surface area contributed by atoms with Gasteiger partial charge >= 0.3 is 0 Å². The Labute approximate surface area is 125 Å². The molecule has 1 amide bonds. The van der Waals surface area contributed by atoms with Crippen LogP contribution < -0.4 is 15.8 Å². The van der Waals surface area contributed by atoms with Gasteiger partial charge in [0.15, 0.2) is 6.61 Å². The molecule has 0 aliphatic heterocycles. The molecule has 0 fully saturated rings. The first-order valence-electron chi connectivity index (χ1n) is 5.63. The molecule has 0 atom stereocenters. The summed E-state index contributed by atoms with van der Waals surface area (Å²) >= 11 is 11.6. The van der Waals surface area contributed by atoms with Gasteiger partial charge in [0.1, 0.15) is 5.75 Å². The van der Waals surface area contributed by atoms with Crippen LogP contribution in [0.5, 0.6) is 5.75 Å². The Kier molecular flexibility index (Phi) is 4.65. The maximum Gasteiger partial charge on any atom is 0.262 e. The Morgan fingerprint density at radius 1 is 1.25 bits per heavy atom. The van der Waals surface area contributed by atoms with Crippen molar-refractivity contribution < 1.29 is 9.53 Å². The third-order valence-corrected chi connectivity index (χ3v) is 2.78. The lowest BCUT2D eigenvalue weighted by Crippen LogP contribution is -2.20. The lowest BCUT2D eigenvalue weighted by molar-refractivity contribution is -0.118. The van der Waals surface area contributed by atoms with Crippen molar-refractivity contribution >= 4 is 40.5 Å². The highest BCUT2D eigenvalue weighted by Gasteiger charge is 2.07. The van der Waals surface area contributed by atoms with Gasteiger partial charge < -0.3 is 15.8 Å². The standard InChI is InChI=1S/C13H11Cl2N3O2/c14-8-1-2-11(16)12(4-8)18-13(19)7-20-10-3-9(15)5-17-6-10/h1-6H,7,16H2,(H,18,19). The molecule has 104 valence electrons. The Hall–Kier alpha value is -1.98. The van der Waals surface area contributed by atoms with Crippen molar-refractivity contribution in [2.24, 2.45) is 0 Å². The molecule has 1 aromatic carbocycles. The van der Waals surface area contributed by atoms with E-state index >= 15 is 0 Å². The lowest BCUT2D eigenvalue weighted by Gasteiger charge is -2.09. The minimum absolute atomic E-state index is 0.187. The number of halogens is 2. The second kappa shape index (κ2) is 6.45. The molecule has 0 saturated heterocycles. The Morgan fingerprint density at radius 2 is 2.05 bits per heavy atom. The van der Waals surface area contributed by atoms with Crippen LogP contribution in [0.3, 0.4) is 0 Å². The summed E-state index contributed by atoms with van der Waals surface area (Å²) in [6.45, 7) is -0.187. The van der Waals surface area contributed by atoms with E-state index in [0.717, 1.165) is 0 Å². The summed E-state index contributed by atoms with van der Waals surface area (Å²) in [6.07, 6.45) is 2.94. The third-order valence-electron chi connectivity index (χ3n) is 2.34. The van der Waals surface area contributed by atoms with Crippen molar-refractivity contribution in [3.63, 3.8) is 0 Å². The molecule has 0 bridgehead atoms. The van der Waals surface area contributed by atoms with E-state index in [1.54, 1.807) is 24.3 Å². The molecule has 20 heavy (non-hydrogen) atoms. The summed E-state index contributed by atoms with van der Waals surface area (Å²) < 4.78 is 5.26. The van der Waals surface area contributed by atoms with Crippen LogP contribution in [0.25, 0.3) is 0 Å². The average Bonchev–Trinajstić information content (AvgIpc) is 2.41. The van der Waals surface area contributed by atoms with E-state index in [1.807, 2.05) is 0 Å². The number of rotatable bonds is 4. The fourth-order valence-electron chi connectivity index (χ4n) is 1.44. The highest BCUT2D eigenvalue weighted by Crippen LogP contribution is 2.23. The SMILES string of the molecule is Nc1ccc(Cl)cc1NC(=O)COc1cncc(Cl)c1. The molecule has 0 aliphatic carbocycles. The first-order chi connectivity index (χ1) is 9.54. The molecule has 7 heteroatoms. The molecule has 1 aromatic heterocycles. The number of nitrogens with two attached hydrogens (primary N) is 1. The Balaban J connectivity index is 1.94. The molecule has 0 unspecified atom stereocenters. The van der Waals surface area contributed by atoms with Gasteiger partial charge in [-0.25, -0.2) is 0 Å². The lowest BCUT2D eigenvalue weighted by atomic mass is 10.2. The van der Waals surface area contributed by atoms with Gasteiger partial charge in [0.25, 0.3) is 5.91 Å². The van der Waals surface area contributed by atoms with Gasteiger partial charge in [0, 0.05) is 17.3 Å². The molecule has 5 nitrogen and oxygen atoms in total. The number of benzene rings is 1. The minimum atomic E-state index is -0.362. The molecular weight excluding hydrogens is 301 g/mol. The van der Waals surface area contributed by atoms with E-state index in [0.29, 0.717) is 27.2 Å². The van der Waals surface area contributed by atoms with Gasteiger partial charge in [-0.05, 0) is 18.2 Å². The predicted molar refractivity (Wildman–Crippen MR) is 79.2 cm³/mol. The number of nitrogen functional groups attached to an aromatic ring is 1. The summed E-state index contributed by atoms with van der Waals surface area (Å²) in [5.41, 5.74) is 6.59. The molecule has 0 saturated carbocycles. The molecule has 2 aromatic rings. The van der Waals surface area contributed by atoms with Gasteiger partial charge in [0.05, 0.1) is 22.6 Å². The number of hydrogen-bond donors (Lipinski definition) is 2. The number of hydrogen-bond acceptors (Lipinski definition) is 4. The number of aromatic nitrogens is 1. The van der Waals surface area contributed by atoms with Gasteiger partial charge in [0.2, 0.25) is 0 Å². The van der Waals surface area contributed by atoms with Crippen molar-refractivity contribution in [1.82, 2.24) is 4.98 Å². The summed E-state index contributed by atoms with van der Waals surface area (Å²) in [7, 11) is 0. The quantitative estimate of drug-likeness (QED) is 0.851. The molecule has 2 rings (SSSR count). The summed E-state index contributed by atoms with van der Waals surface area (Å²) in [6, 6.07) is 6.38. The molecule has 0 aliphatic rings. The summed E-state index contributed by atoms with van der Waals surface area (Å²) in [5, 5.41) is 3.52. The highest BCUT2D eigenvalue weighted by molar-refractivity contribution is 6.31. The first kappa shape index (κ1) is 14.4. The average molecular weight is 312 g/mol. The molecule has 1 heterocycles. The molecule has 0 spiro atoms. The van der Waals surface area contributed by atoms with Gasteiger partial charge in [-0.15, -0.1) is 0 Å². The second-order valence-corrected chi connectivity index (χ2v) is 4.78. The normalized spacial score (nSPS) is 10.1. The molecule has 0 radical (unpaired) electrons. The largest absolute Gasteiger partial charge is 0.482 e. The van der Waals surface area contributed by atoms with Crippen LogP contribution in [0.2, 0.25) is 10.0 Å². The second-order valence-electron chi connectivity index (χ2n) is 3.91. The number of ether oxygens (including phenoxy) is 1. The minimum Gasteiger partial charge on any atom is -0.482 e. The van der Waals surface area contributed by atoms with E-state index in [2.05, 4.69) is 10.3 Å². The predicted octanol–water partition coefficient (Wildman–Crippen LogP) is 2.99. The van der Waals surface area contributed by atoms with Crippen molar-refractivity contribution in [2.45, 2.75) is 0 Å². The van der Waals surface area contributed by atoms with Crippen LogP contribution in [0.15, 0.2) is 36.7 Å². The van der Waals surface area contributed by atoms with Crippen LogP contribution in [-0.2, 0) is 4.79 Å². The van der Waals surface area contributed by atoms with Gasteiger partial charge in [-0.3, -0.25) is 9.78 Å². The smallest absolute Gasteiger partial charge is 0.262 e. The summed E-state index contributed by atoms with van der Waals surface area (Å²) in [4.78, 5) is 15.6. The van der Waals surface area contributed by atoms with Crippen molar-refractivity contribution in [3.05, 3.63) is 46.7 Å². The first-order valence-corrected chi connectivity index (χ1v) is 6.38. The number of anilines is 2. The van der Waals surface area contributed by atoms with Crippen LogP contribution in [0.4, 0.5) is 11.4 Å². The molecular formula is C13H11Cl2N3O2. The third kappa shape index (κ3) is 4.01. The maximum atomic E-state index is 11.7. The van der Waals surface area contributed by atoms with E-state index in [4.69, 9.17) is 33.7 Å². The molecule has 3 N–H and O–H groups in total. The van der Waals surface area contributed by atoms with Gasteiger partial charge in [-0.1, -0.05) is 23.2 Å². The number of pyridine rings is 1. The maximum absolute atomic E-state index is 11.7. The van der Waals surface area contributed by atoms with E-state index in [-0.39, 0.29) is 12.5 Å². The topological polar surface area (TPSA) is 77.2 Å². The highest BCUT2D eigenvalue weighted by atomic mass is 35.5. The Bertz CT molecular complexity index is 635. The fourth-order valence-corrected chi connectivity index (χ4v) is 1.78. The zero-order valence-corrected chi connectivity index (χ0v) is 11.8. The van der Waals surface area contributed by atoms with E-state index < -0.39 is 0 Å². The van der Waals surface area contributed by atoms with Gasteiger partial charge in [-0.2, -0.15) is 0 Å². The van der Waals surface area contributed by atoms with Crippen LogP contribution >= 0.6 is 23.2 Å². The Morgan fingerprint density at radius 3 is 2.80 bits per heavy atom. The van der Waals surface area contributed by atoms with Crippen molar-refractivity contribution in [1.29, 1.82) is 0 Å². The number of carbonyl (C=O) groups excluding carboxylic acids is 1. The summed E-state index contributed by atoms with van der Waals surface area (Å²) in [5.74, 6) is 0.0469. The van der Waals surface area contributed by atoms with Crippen LogP contribution in [-0.4, -0.2) is 17.5 Å². The van der Waals surface area contributed by atoms with Crippen LogP contribution in [0, 0.1) is 0 Å². The number of carbonyl (C=O) groups is 1. The number of amides is 1. The van der Waals surface area contributed by atoms with E-state index in [1.165, 1.54) is 12.4 Å². The monoisotopic (exact) mass is 311 g/mol.